The molecular weight excluding hydrogens is 322 g/mol. The van der Waals surface area contributed by atoms with Crippen LogP contribution in [-0.4, -0.2) is 22.2 Å². The zero-order chi connectivity index (χ0) is 18.0. The van der Waals surface area contributed by atoms with E-state index in [2.05, 4.69) is 5.43 Å². The van der Waals surface area contributed by atoms with E-state index < -0.39 is 4.92 Å². The lowest BCUT2D eigenvalue weighted by Crippen LogP contribution is -2.16. The molecule has 0 fully saturated rings. The molecule has 3 rings (SSSR count). The second kappa shape index (κ2) is 6.96. The quantitative estimate of drug-likeness (QED) is 0.509. The summed E-state index contributed by atoms with van der Waals surface area (Å²) in [5, 5.41) is 10.8. The monoisotopic (exact) mass is 343 g/mol. The molecule has 1 aromatic carbocycles. The molecule has 0 spiro atoms. The van der Waals surface area contributed by atoms with Gasteiger partial charge in [0.25, 0.3) is 5.69 Å². The first kappa shape index (κ1) is 17.0. The molecule has 1 aromatic heterocycles. The van der Waals surface area contributed by atoms with Crippen LogP contribution in [0.2, 0.25) is 0 Å². The molecule has 25 heavy (non-hydrogen) atoms. The maximum atomic E-state index is 12.4. The zero-order valence-electron chi connectivity index (χ0n) is 14.4. The van der Waals surface area contributed by atoms with Gasteiger partial charge in [0.05, 0.1) is 28.5 Å². The molecule has 7 heteroatoms. The number of benzene rings is 1. The van der Waals surface area contributed by atoms with E-state index in [1.165, 1.54) is 12.1 Å². The number of nitro groups is 1. The molecule has 132 valence electrons. The lowest BCUT2D eigenvalue weighted by Gasteiger charge is -2.17. The third-order valence-electron chi connectivity index (χ3n) is 4.51. The molecule has 7 nitrogen and oxygen atoms in total. The van der Waals surface area contributed by atoms with Crippen LogP contribution in [0.15, 0.2) is 24.3 Å². The summed E-state index contributed by atoms with van der Waals surface area (Å²) in [6.07, 6.45) is 3.87. The number of carbonyl (C=O) groups excluding carboxylic acids is 1. The number of nitrogens with zero attached hydrogens (tertiary/aromatic N) is 2. The summed E-state index contributed by atoms with van der Waals surface area (Å²) in [5.41, 5.74) is 7.64. The maximum absolute atomic E-state index is 12.4. The van der Waals surface area contributed by atoms with Crippen molar-refractivity contribution < 1.29 is 14.5 Å². The van der Waals surface area contributed by atoms with Crippen LogP contribution in [0.4, 0.5) is 11.4 Å². The van der Waals surface area contributed by atoms with Gasteiger partial charge < -0.3 is 4.74 Å². The van der Waals surface area contributed by atoms with Crippen molar-refractivity contribution in [2.45, 2.75) is 39.5 Å². The van der Waals surface area contributed by atoms with Crippen molar-refractivity contribution in [3.63, 3.8) is 0 Å². The molecule has 0 radical (unpaired) electrons. The number of anilines is 1. The number of nitrogens with one attached hydrogen (secondary N) is 1. The van der Waals surface area contributed by atoms with E-state index in [0.29, 0.717) is 12.2 Å². The van der Waals surface area contributed by atoms with Gasteiger partial charge in [-0.05, 0) is 57.2 Å². The maximum Gasteiger partial charge on any atom is 0.340 e. The highest BCUT2D eigenvalue weighted by Gasteiger charge is 2.27. The van der Waals surface area contributed by atoms with E-state index in [0.717, 1.165) is 48.3 Å². The van der Waals surface area contributed by atoms with Crippen molar-refractivity contribution in [3.05, 3.63) is 56.9 Å². The highest BCUT2D eigenvalue weighted by Crippen LogP contribution is 2.30. The minimum atomic E-state index is -0.425. The second-order valence-corrected chi connectivity index (χ2v) is 6.06. The Hall–Kier alpha value is -2.83. The Morgan fingerprint density at radius 1 is 1.28 bits per heavy atom. The number of rotatable bonds is 5. The van der Waals surface area contributed by atoms with Crippen LogP contribution >= 0.6 is 0 Å². The fraction of sp³-hybridized carbons (Fsp3) is 0.389. The minimum absolute atomic E-state index is 0.0454. The molecule has 2 aromatic rings. The third kappa shape index (κ3) is 3.22. The Morgan fingerprint density at radius 2 is 1.96 bits per heavy atom. The van der Waals surface area contributed by atoms with Crippen LogP contribution in [0.25, 0.3) is 0 Å². The van der Waals surface area contributed by atoms with Crippen LogP contribution < -0.4 is 5.43 Å². The van der Waals surface area contributed by atoms with Gasteiger partial charge >= 0.3 is 5.97 Å². The SMILES string of the molecule is CCOC(=O)c1c2c(n(Nc3ccc([N+](=O)[O-])cc3)c1C)CCCC2. The zero-order valence-corrected chi connectivity index (χ0v) is 14.4. The Bertz CT molecular complexity index is 809. The molecule has 0 bridgehead atoms. The van der Waals surface area contributed by atoms with Gasteiger partial charge in [0.1, 0.15) is 0 Å². The summed E-state index contributed by atoms with van der Waals surface area (Å²) in [6.45, 7) is 4.03. The molecule has 0 atom stereocenters. The van der Waals surface area contributed by atoms with E-state index in [1.54, 1.807) is 19.1 Å². The summed E-state index contributed by atoms with van der Waals surface area (Å²) < 4.78 is 7.14. The average Bonchev–Trinajstić information content (AvgIpc) is 2.88. The summed E-state index contributed by atoms with van der Waals surface area (Å²) >= 11 is 0. The highest BCUT2D eigenvalue weighted by molar-refractivity contribution is 5.93. The van der Waals surface area contributed by atoms with Gasteiger partial charge in [0, 0.05) is 17.8 Å². The largest absolute Gasteiger partial charge is 0.462 e. The molecule has 1 N–H and O–H groups in total. The molecule has 1 heterocycles. The fourth-order valence-electron chi connectivity index (χ4n) is 3.35. The fourth-order valence-corrected chi connectivity index (χ4v) is 3.35. The van der Waals surface area contributed by atoms with E-state index in [-0.39, 0.29) is 11.7 Å². The van der Waals surface area contributed by atoms with Gasteiger partial charge in [0.15, 0.2) is 0 Å². The first-order valence-electron chi connectivity index (χ1n) is 8.44. The molecule has 0 aliphatic heterocycles. The lowest BCUT2D eigenvalue weighted by molar-refractivity contribution is -0.384. The van der Waals surface area contributed by atoms with Crippen LogP contribution in [0.5, 0.6) is 0 Å². The van der Waals surface area contributed by atoms with E-state index >= 15 is 0 Å². The molecule has 0 saturated carbocycles. The van der Waals surface area contributed by atoms with Gasteiger partial charge in [-0.25, -0.2) is 4.79 Å². The van der Waals surface area contributed by atoms with Gasteiger partial charge in [0.2, 0.25) is 0 Å². The predicted octanol–water partition coefficient (Wildman–Crippen LogP) is 3.64. The molecule has 1 aliphatic rings. The van der Waals surface area contributed by atoms with Crippen molar-refractivity contribution in [2.24, 2.45) is 0 Å². The standard InChI is InChI=1S/C18H21N3O4/c1-3-25-18(22)17-12(2)20(16-7-5-4-6-15(16)17)19-13-8-10-14(11-9-13)21(23)24/h8-11,19H,3-7H2,1-2H3. The van der Waals surface area contributed by atoms with Gasteiger partial charge in [-0.1, -0.05) is 0 Å². The summed E-state index contributed by atoms with van der Waals surface area (Å²) in [7, 11) is 0. The summed E-state index contributed by atoms with van der Waals surface area (Å²) in [4.78, 5) is 22.7. The van der Waals surface area contributed by atoms with E-state index in [9.17, 15) is 14.9 Å². The Labute approximate surface area is 145 Å². The van der Waals surface area contributed by atoms with Crippen molar-refractivity contribution >= 4 is 17.3 Å². The third-order valence-corrected chi connectivity index (χ3v) is 4.51. The molecule has 0 saturated heterocycles. The van der Waals surface area contributed by atoms with Gasteiger partial charge in [-0.2, -0.15) is 0 Å². The smallest absolute Gasteiger partial charge is 0.340 e. The van der Waals surface area contributed by atoms with Crippen LogP contribution in [0.3, 0.4) is 0 Å². The number of nitro benzene ring substituents is 1. The second-order valence-electron chi connectivity index (χ2n) is 6.06. The number of hydrogen-bond acceptors (Lipinski definition) is 5. The van der Waals surface area contributed by atoms with E-state index in [1.807, 2.05) is 11.6 Å². The minimum Gasteiger partial charge on any atom is -0.462 e. The summed E-state index contributed by atoms with van der Waals surface area (Å²) in [5.74, 6) is -0.289. The Balaban J connectivity index is 1.98. The van der Waals surface area contributed by atoms with Gasteiger partial charge in [-0.3, -0.25) is 20.2 Å². The Kier molecular flexibility index (Phi) is 4.74. The number of esters is 1. The van der Waals surface area contributed by atoms with Crippen LogP contribution in [-0.2, 0) is 17.6 Å². The number of carbonyl (C=O) groups is 1. The van der Waals surface area contributed by atoms with Crippen molar-refractivity contribution in [3.8, 4) is 0 Å². The number of fused-ring (bicyclic) bond motifs is 1. The average molecular weight is 343 g/mol. The molecule has 0 unspecified atom stereocenters. The number of non-ortho nitro benzene ring substituents is 1. The number of aromatic nitrogens is 1. The Morgan fingerprint density at radius 3 is 2.60 bits per heavy atom. The van der Waals surface area contributed by atoms with Crippen LogP contribution in [0, 0.1) is 17.0 Å². The van der Waals surface area contributed by atoms with Crippen LogP contribution in [0.1, 0.15) is 47.1 Å². The topological polar surface area (TPSA) is 86.4 Å². The molecule has 1 aliphatic carbocycles. The van der Waals surface area contributed by atoms with E-state index in [4.69, 9.17) is 4.74 Å². The summed E-state index contributed by atoms with van der Waals surface area (Å²) in [6, 6.07) is 6.24. The van der Waals surface area contributed by atoms with Crippen molar-refractivity contribution in [1.29, 1.82) is 0 Å². The molecule has 0 amide bonds. The molecular formula is C18H21N3O4. The van der Waals surface area contributed by atoms with Crippen molar-refractivity contribution in [2.75, 3.05) is 12.0 Å². The lowest BCUT2D eigenvalue weighted by atomic mass is 9.94. The first-order valence-corrected chi connectivity index (χ1v) is 8.44. The predicted molar refractivity (Wildman–Crippen MR) is 93.9 cm³/mol. The number of ether oxygens (including phenoxy) is 1. The van der Waals surface area contributed by atoms with Crippen molar-refractivity contribution in [1.82, 2.24) is 4.68 Å². The van der Waals surface area contributed by atoms with Gasteiger partial charge in [-0.15, -0.1) is 0 Å². The first-order chi connectivity index (χ1) is 12.0. The number of hydrogen-bond donors (Lipinski definition) is 1. The highest BCUT2D eigenvalue weighted by atomic mass is 16.6. The normalized spacial score (nSPS) is 13.2.